The Balaban J connectivity index is 1.75. The summed E-state index contributed by atoms with van der Waals surface area (Å²) in [6, 6.07) is 6.31. The van der Waals surface area contributed by atoms with Crippen molar-refractivity contribution in [2.24, 2.45) is 0 Å². The molecule has 3 rings (SSSR count). The van der Waals surface area contributed by atoms with Crippen LogP contribution in [0.25, 0.3) is 10.9 Å². The molecule has 0 saturated carbocycles. The van der Waals surface area contributed by atoms with Gasteiger partial charge in [0.05, 0.1) is 5.69 Å². The predicted octanol–water partition coefficient (Wildman–Crippen LogP) is 2.45. The number of carbonyl (C=O) groups is 1. The third-order valence-corrected chi connectivity index (χ3v) is 3.39. The topological polar surface area (TPSA) is 116 Å². The van der Waals surface area contributed by atoms with Crippen molar-refractivity contribution in [2.45, 2.75) is 6.54 Å². The Morgan fingerprint density at radius 1 is 1.33 bits per heavy atom. The van der Waals surface area contributed by atoms with E-state index in [9.17, 15) is 18.7 Å². The van der Waals surface area contributed by atoms with Crippen LogP contribution in [0.4, 0.5) is 25.1 Å². The van der Waals surface area contributed by atoms with Crippen LogP contribution in [0.1, 0.15) is 5.56 Å². The Hall–Kier alpha value is -3.36. The number of hydrogen-bond acceptors (Lipinski definition) is 4. The summed E-state index contributed by atoms with van der Waals surface area (Å²) in [5, 5.41) is 20.8. The Labute approximate surface area is 134 Å². The van der Waals surface area contributed by atoms with Crippen molar-refractivity contribution in [3.05, 3.63) is 47.5 Å². The predicted molar refractivity (Wildman–Crippen MR) is 84.4 cm³/mol. The number of aromatic amines is 1. The number of nitrogen functional groups attached to an aromatic ring is 1. The summed E-state index contributed by atoms with van der Waals surface area (Å²) in [6.45, 7) is 0.0585. The second-order valence-electron chi connectivity index (χ2n) is 5.06. The quantitative estimate of drug-likeness (QED) is 0.473. The summed E-state index contributed by atoms with van der Waals surface area (Å²) >= 11 is 0. The van der Waals surface area contributed by atoms with E-state index in [0.29, 0.717) is 5.56 Å². The Morgan fingerprint density at radius 2 is 2.12 bits per heavy atom. The Kier molecular flexibility index (Phi) is 3.90. The fourth-order valence-electron chi connectivity index (χ4n) is 2.22. The molecule has 0 aliphatic rings. The summed E-state index contributed by atoms with van der Waals surface area (Å²) < 4.78 is 27.1. The number of nitrogens with two attached hydrogens (primary N) is 1. The van der Waals surface area contributed by atoms with Gasteiger partial charge in [-0.1, -0.05) is 12.1 Å². The van der Waals surface area contributed by atoms with Gasteiger partial charge in [0.15, 0.2) is 17.4 Å². The molecule has 0 saturated heterocycles. The average Bonchev–Trinajstić information content (AvgIpc) is 2.92. The molecule has 2 amide bonds. The minimum absolute atomic E-state index is 0.0344. The fourth-order valence-corrected chi connectivity index (χ4v) is 2.22. The zero-order valence-electron chi connectivity index (χ0n) is 12.2. The van der Waals surface area contributed by atoms with Crippen molar-refractivity contribution >= 4 is 28.4 Å². The van der Waals surface area contributed by atoms with Gasteiger partial charge in [0, 0.05) is 11.9 Å². The van der Waals surface area contributed by atoms with Gasteiger partial charge in [-0.25, -0.2) is 13.6 Å². The lowest BCUT2D eigenvalue weighted by atomic mass is 10.2. The molecule has 124 valence electrons. The highest BCUT2D eigenvalue weighted by molar-refractivity contribution is 5.98. The Morgan fingerprint density at radius 3 is 2.88 bits per heavy atom. The number of urea groups is 1. The molecule has 0 fully saturated rings. The monoisotopic (exact) mass is 333 g/mol. The molecule has 1 heterocycles. The summed E-state index contributed by atoms with van der Waals surface area (Å²) in [4.78, 5) is 11.9. The van der Waals surface area contributed by atoms with Gasteiger partial charge >= 0.3 is 6.03 Å². The highest BCUT2D eigenvalue weighted by atomic mass is 19.1. The van der Waals surface area contributed by atoms with E-state index in [2.05, 4.69) is 20.8 Å². The van der Waals surface area contributed by atoms with Crippen LogP contribution in [0.15, 0.2) is 30.3 Å². The van der Waals surface area contributed by atoms with E-state index >= 15 is 0 Å². The van der Waals surface area contributed by atoms with E-state index in [1.54, 1.807) is 6.07 Å². The number of carbonyl (C=O) groups excluding carboxylic acids is 1. The molecular weight excluding hydrogens is 320 g/mol. The van der Waals surface area contributed by atoms with Gasteiger partial charge in [-0.2, -0.15) is 5.10 Å². The number of anilines is 2. The molecule has 24 heavy (non-hydrogen) atoms. The van der Waals surface area contributed by atoms with Gasteiger partial charge in [-0.05, 0) is 23.8 Å². The van der Waals surface area contributed by atoms with Gasteiger partial charge in [-0.3, -0.25) is 5.10 Å². The molecule has 0 aliphatic heterocycles. The second kappa shape index (κ2) is 6.03. The average molecular weight is 333 g/mol. The van der Waals surface area contributed by atoms with Crippen LogP contribution in [0.5, 0.6) is 5.75 Å². The number of halogens is 2. The number of phenols is 1. The maximum absolute atomic E-state index is 14.0. The van der Waals surface area contributed by atoms with Gasteiger partial charge in [-0.15, -0.1) is 0 Å². The van der Waals surface area contributed by atoms with Crippen LogP contribution in [0.3, 0.4) is 0 Å². The minimum atomic E-state index is -0.975. The largest absolute Gasteiger partial charge is 0.503 e. The summed E-state index contributed by atoms with van der Waals surface area (Å²) in [7, 11) is 0. The van der Waals surface area contributed by atoms with Crippen molar-refractivity contribution in [1.82, 2.24) is 15.5 Å². The van der Waals surface area contributed by atoms with Gasteiger partial charge in [0.2, 0.25) is 0 Å². The first kappa shape index (κ1) is 15.5. The van der Waals surface area contributed by atoms with Gasteiger partial charge < -0.3 is 21.5 Å². The number of aromatic hydroxyl groups is 1. The fraction of sp³-hybridized carbons (Fsp3) is 0.0667. The van der Waals surface area contributed by atoms with Crippen molar-refractivity contribution in [3.8, 4) is 5.75 Å². The first-order chi connectivity index (χ1) is 11.5. The van der Waals surface area contributed by atoms with E-state index < -0.39 is 23.4 Å². The number of amides is 2. The van der Waals surface area contributed by atoms with E-state index in [1.807, 2.05) is 0 Å². The maximum Gasteiger partial charge on any atom is 0.319 e. The van der Waals surface area contributed by atoms with E-state index in [4.69, 9.17) is 5.73 Å². The van der Waals surface area contributed by atoms with Crippen LogP contribution >= 0.6 is 0 Å². The molecule has 1 aromatic heterocycles. The normalized spacial score (nSPS) is 10.8. The van der Waals surface area contributed by atoms with Crippen LogP contribution in [0.2, 0.25) is 0 Å². The number of hydrogen-bond donors (Lipinski definition) is 5. The zero-order valence-corrected chi connectivity index (χ0v) is 12.2. The smallest absolute Gasteiger partial charge is 0.319 e. The molecular formula is C15H13F2N5O2. The number of nitrogens with zero attached hydrogens (tertiary/aromatic N) is 1. The molecule has 6 N–H and O–H groups in total. The number of rotatable bonds is 3. The first-order valence-corrected chi connectivity index (χ1v) is 6.90. The van der Waals surface area contributed by atoms with Gasteiger partial charge in [0.25, 0.3) is 0 Å². The maximum atomic E-state index is 14.0. The summed E-state index contributed by atoms with van der Waals surface area (Å²) in [6.07, 6.45) is 0. The summed E-state index contributed by atoms with van der Waals surface area (Å²) in [5.74, 6) is -2.10. The lowest BCUT2D eigenvalue weighted by Gasteiger charge is -2.10. The van der Waals surface area contributed by atoms with Gasteiger partial charge in [0.1, 0.15) is 11.3 Å². The molecule has 9 heteroatoms. The molecule has 0 spiro atoms. The Bertz CT molecular complexity index is 926. The lowest BCUT2D eigenvalue weighted by molar-refractivity contribution is 0.251. The third kappa shape index (κ3) is 2.91. The molecule has 0 bridgehead atoms. The van der Waals surface area contributed by atoms with E-state index in [0.717, 1.165) is 0 Å². The van der Waals surface area contributed by atoms with Crippen molar-refractivity contribution < 1.29 is 18.7 Å². The highest BCUT2D eigenvalue weighted by Crippen LogP contribution is 2.34. The third-order valence-electron chi connectivity index (χ3n) is 3.39. The van der Waals surface area contributed by atoms with Crippen LogP contribution in [0, 0.1) is 11.6 Å². The number of phenolic OH excluding ortho intramolecular Hbond substituents is 1. The SMILES string of the molecule is Nc1n[nH]c2c(F)c(O)c(NC(=O)NCc3cccc(F)c3)cc12. The zero-order chi connectivity index (χ0) is 17.3. The number of H-pyrrole nitrogens is 1. The number of benzene rings is 2. The highest BCUT2D eigenvalue weighted by Gasteiger charge is 2.17. The number of fused-ring (bicyclic) bond motifs is 1. The molecule has 0 radical (unpaired) electrons. The molecule has 2 aromatic carbocycles. The second-order valence-corrected chi connectivity index (χ2v) is 5.06. The molecule has 0 atom stereocenters. The number of aromatic nitrogens is 2. The molecule has 3 aromatic rings. The number of nitrogens with one attached hydrogen (secondary N) is 3. The van der Waals surface area contributed by atoms with E-state index in [-0.39, 0.29) is 29.0 Å². The molecule has 0 aliphatic carbocycles. The standard InChI is InChI=1S/C15H13F2N5O2/c16-8-3-1-2-7(4-8)6-19-15(24)20-10-5-9-12(11(17)13(10)23)21-22-14(9)18/h1-5,23H,6H2,(H3,18,21,22)(H2,19,20,24). The lowest BCUT2D eigenvalue weighted by Crippen LogP contribution is -2.28. The molecule has 0 unspecified atom stereocenters. The van der Waals surface area contributed by atoms with Crippen molar-refractivity contribution in [1.29, 1.82) is 0 Å². The van der Waals surface area contributed by atoms with Crippen LogP contribution in [-0.2, 0) is 6.54 Å². The summed E-state index contributed by atoms with van der Waals surface area (Å²) in [5.41, 5.74) is 5.92. The molecule has 7 nitrogen and oxygen atoms in total. The minimum Gasteiger partial charge on any atom is -0.503 e. The van der Waals surface area contributed by atoms with Crippen molar-refractivity contribution in [3.63, 3.8) is 0 Å². The first-order valence-electron chi connectivity index (χ1n) is 6.90. The van der Waals surface area contributed by atoms with Crippen LogP contribution in [-0.4, -0.2) is 21.3 Å². The van der Waals surface area contributed by atoms with Crippen molar-refractivity contribution in [2.75, 3.05) is 11.1 Å². The van der Waals surface area contributed by atoms with Crippen LogP contribution < -0.4 is 16.4 Å². The van der Waals surface area contributed by atoms with E-state index in [1.165, 1.54) is 24.3 Å².